The first-order chi connectivity index (χ1) is 20.9. The summed E-state index contributed by atoms with van der Waals surface area (Å²) in [6.07, 6.45) is 4.08. The molecule has 2 heterocycles. The molecule has 1 fully saturated rings. The fourth-order valence-electron chi connectivity index (χ4n) is 6.40. The van der Waals surface area contributed by atoms with Crippen LogP contribution in [0.4, 0.5) is 11.4 Å². The van der Waals surface area contributed by atoms with Gasteiger partial charge in [0, 0.05) is 45.8 Å². The summed E-state index contributed by atoms with van der Waals surface area (Å²) in [5.74, 6) is 0.497. The highest BCUT2D eigenvalue weighted by Gasteiger charge is 2.22. The van der Waals surface area contributed by atoms with E-state index in [0.717, 1.165) is 73.2 Å². The molecule has 1 aliphatic rings. The molecule has 7 nitrogen and oxygen atoms in total. The van der Waals surface area contributed by atoms with Crippen molar-refractivity contribution in [2.24, 2.45) is 5.92 Å². The molecule has 1 saturated heterocycles. The van der Waals surface area contributed by atoms with Crippen LogP contribution in [0, 0.1) is 16.0 Å². The number of nitro groups is 1. The standard InChI is InChI=1S/C36H38N4O3/c1-24(2)36(41)37-29-11-5-9-27(22-29)25-17-20-39(21-18-25)19-7-14-32-33-16-15-26-8-3-4-13-31(26)35(33)38-34(32)28-10-6-12-30(23-28)40(42)43/h3-6,8-13,15-16,22-25,38H,7,14,17-21H2,1-2H3,(H,37,41). The van der Waals surface area contributed by atoms with E-state index in [9.17, 15) is 14.9 Å². The molecule has 7 heteroatoms. The van der Waals surface area contributed by atoms with Gasteiger partial charge >= 0.3 is 0 Å². The molecule has 2 N–H and O–H groups in total. The van der Waals surface area contributed by atoms with E-state index in [2.05, 4.69) is 57.7 Å². The number of piperidine rings is 1. The molecule has 0 saturated carbocycles. The van der Waals surface area contributed by atoms with Crippen LogP contribution in [-0.2, 0) is 11.2 Å². The first-order valence-corrected chi connectivity index (χ1v) is 15.3. The van der Waals surface area contributed by atoms with E-state index in [-0.39, 0.29) is 22.4 Å². The number of fused-ring (bicyclic) bond motifs is 3. The first-order valence-electron chi connectivity index (χ1n) is 15.3. The molecule has 1 aliphatic heterocycles. The minimum Gasteiger partial charge on any atom is -0.354 e. The summed E-state index contributed by atoms with van der Waals surface area (Å²) in [7, 11) is 0. The van der Waals surface area contributed by atoms with Crippen molar-refractivity contribution in [2.75, 3.05) is 25.0 Å². The maximum absolute atomic E-state index is 12.2. The molecule has 0 bridgehead atoms. The quantitative estimate of drug-likeness (QED) is 0.137. The van der Waals surface area contributed by atoms with Crippen LogP contribution in [0.5, 0.6) is 0 Å². The topological polar surface area (TPSA) is 91.3 Å². The number of hydrogen-bond donors (Lipinski definition) is 2. The van der Waals surface area contributed by atoms with Crippen molar-refractivity contribution in [1.29, 1.82) is 0 Å². The van der Waals surface area contributed by atoms with Crippen LogP contribution in [0.2, 0.25) is 0 Å². The lowest BCUT2D eigenvalue weighted by Crippen LogP contribution is -2.33. The van der Waals surface area contributed by atoms with E-state index in [4.69, 9.17) is 0 Å². The number of amides is 1. The number of likely N-dealkylation sites (tertiary alicyclic amines) is 1. The van der Waals surface area contributed by atoms with Gasteiger partial charge in [0.2, 0.25) is 5.91 Å². The van der Waals surface area contributed by atoms with Gasteiger partial charge in [0.1, 0.15) is 0 Å². The Morgan fingerprint density at radius 1 is 0.977 bits per heavy atom. The van der Waals surface area contributed by atoms with Gasteiger partial charge in [-0.15, -0.1) is 0 Å². The second kappa shape index (κ2) is 12.4. The number of carbonyl (C=O) groups is 1. The van der Waals surface area contributed by atoms with E-state index in [1.54, 1.807) is 18.2 Å². The number of carbonyl (C=O) groups excluding carboxylic acids is 1. The maximum Gasteiger partial charge on any atom is 0.270 e. The van der Waals surface area contributed by atoms with Gasteiger partial charge in [0.05, 0.1) is 10.4 Å². The molecule has 0 aliphatic carbocycles. The minimum absolute atomic E-state index is 0.0437. The second-order valence-corrected chi connectivity index (χ2v) is 12.0. The number of anilines is 1. The maximum atomic E-state index is 12.2. The second-order valence-electron chi connectivity index (χ2n) is 12.0. The van der Waals surface area contributed by atoms with Gasteiger partial charge in [0.25, 0.3) is 5.69 Å². The summed E-state index contributed by atoms with van der Waals surface area (Å²) in [6.45, 7) is 6.91. The van der Waals surface area contributed by atoms with E-state index in [1.165, 1.54) is 21.9 Å². The van der Waals surface area contributed by atoms with Gasteiger partial charge in [-0.05, 0) is 79.9 Å². The molecule has 0 atom stereocenters. The van der Waals surface area contributed by atoms with Crippen molar-refractivity contribution >= 4 is 39.0 Å². The molecule has 1 aromatic heterocycles. The highest BCUT2D eigenvalue weighted by molar-refractivity contribution is 6.08. The number of benzene rings is 4. The van der Waals surface area contributed by atoms with Crippen LogP contribution in [0.3, 0.4) is 0 Å². The minimum atomic E-state index is -0.331. The smallest absolute Gasteiger partial charge is 0.270 e. The van der Waals surface area contributed by atoms with Crippen molar-refractivity contribution < 1.29 is 9.72 Å². The van der Waals surface area contributed by atoms with Gasteiger partial charge in [-0.1, -0.05) is 74.5 Å². The predicted octanol–water partition coefficient (Wildman–Crippen LogP) is 8.30. The van der Waals surface area contributed by atoms with Crippen molar-refractivity contribution in [3.63, 3.8) is 0 Å². The lowest BCUT2D eigenvalue weighted by molar-refractivity contribution is -0.384. The van der Waals surface area contributed by atoms with E-state index < -0.39 is 0 Å². The molecule has 0 spiro atoms. The number of H-pyrrole nitrogens is 1. The Kier molecular flexibility index (Phi) is 8.25. The molecule has 220 valence electrons. The lowest BCUT2D eigenvalue weighted by Gasteiger charge is -2.32. The molecule has 43 heavy (non-hydrogen) atoms. The molecule has 4 aromatic carbocycles. The van der Waals surface area contributed by atoms with Gasteiger partial charge in [0.15, 0.2) is 0 Å². The Hall–Kier alpha value is -4.49. The average molecular weight is 575 g/mol. The summed E-state index contributed by atoms with van der Waals surface area (Å²) in [5.41, 5.74) is 6.40. The molecule has 0 unspecified atom stereocenters. The number of aromatic amines is 1. The number of nitrogens with zero attached hydrogens (tertiary/aromatic N) is 2. The number of nitro benzene ring substituents is 1. The molecule has 6 rings (SSSR count). The fraction of sp³-hybridized carbons (Fsp3) is 0.306. The van der Waals surface area contributed by atoms with Crippen LogP contribution in [0.15, 0.2) is 84.9 Å². The largest absolute Gasteiger partial charge is 0.354 e. The number of nitrogens with one attached hydrogen (secondary N) is 2. The zero-order valence-electron chi connectivity index (χ0n) is 24.8. The molecule has 5 aromatic rings. The zero-order chi connectivity index (χ0) is 29.9. The molecule has 0 radical (unpaired) electrons. The molecular weight excluding hydrogens is 536 g/mol. The van der Waals surface area contributed by atoms with Gasteiger partial charge < -0.3 is 15.2 Å². The van der Waals surface area contributed by atoms with Crippen LogP contribution < -0.4 is 5.32 Å². The monoisotopic (exact) mass is 574 g/mol. The molecular formula is C36H38N4O3. The van der Waals surface area contributed by atoms with E-state index >= 15 is 0 Å². The highest BCUT2D eigenvalue weighted by atomic mass is 16.6. The first kappa shape index (κ1) is 28.6. The third-order valence-corrected chi connectivity index (χ3v) is 8.79. The normalized spacial score (nSPS) is 14.5. The summed E-state index contributed by atoms with van der Waals surface area (Å²) >= 11 is 0. The number of aromatic nitrogens is 1. The summed E-state index contributed by atoms with van der Waals surface area (Å²) in [6, 6.07) is 28.0. The Labute approximate surface area is 252 Å². The Morgan fingerprint density at radius 3 is 2.56 bits per heavy atom. The average Bonchev–Trinajstić information content (AvgIpc) is 3.40. The van der Waals surface area contributed by atoms with Crippen molar-refractivity contribution in [3.8, 4) is 11.3 Å². The Bertz CT molecular complexity index is 1780. The van der Waals surface area contributed by atoms with Crippen LogP contribution in [0.25, 0.3) is 32.9 Å². The number of rotatable bonds is 9. The van der Waals surface area contributed by atoms with Crippen LogP contribution in [0.1, 0.15) is 50.2 Å². The number of hydrogen-bond acceptors (Lipinski definition) is 4. The van der Waals surface area contributed by atoms with Gasteiger partial charge in [-0.2, -0.15) is 0 Å². The Balaban J connectivity index is 1.16. The molecule has 1 amide bonds. The lowest BCUT2D eigenvalue weighted by atomic mass is 9.89. The number of aryl methyl sites for hydroxylation is 1. The zero-order valence-corrected chi connectivity index (χ0v) is 24.8. The highest BCUT2D eigenvalue weighted by Crippen LogP contribution is 2.36. The third-order valence-electron chi connectivity index (χ3n) is 8.79. The summed E-state index contributed by atoms with van der Waals surface area (Å²) < 4.78 is 0. The summed E-state index contributed by atoms with van der Waals surface area (Å²) in [5, 5.41) is 18.1. The van der Waals surface area contributed by atoms with E-state index in [0.29, 0.717) is 5.92 Å². The van der Waals surface area contributed by atoms with Crippen LogP contribution >= 0.6 is 0 Å². The van der Waals surface area contributed by atoms with Crippen molar-refractivity contribution in [2.45, 2.75) is 45.4 Å². The van der Waals surface area contributed by atoms with Gasteiger partial charge in [-0.25, -0.2) is 0 Å². The predicted molar refractivity (Wildman–Crippen MR) is 175 cm³/mol. The fourth-order valence-corrected chi connectivity index (χ4v) is 6.40. The number of non-ortho nitro benzene ring substituents is 1. The third kappa shape index (κ3) is 6.18. The van der Waals surface area contributed by atoms with Crippen molar-refractivity contribution in [1.82, 2.24) is 9.88 Å². The Morgan fingerprint density at radius 2 is 1.77 bits per heavy atom. The van der Waals surface area contributed by atoms with E-state index in [1.807, 2.05) is 38.1 Å². The summed E-state index contributed by atoms with van der Waals surface area (Å²) in [4.78, 5) is 29.6. The van der Waals surface area contributed by atoms with Crippen LogP contribution in [-0.4, -0.2) is 40.3 Å². The van der Waals surface area contributed by atoms with Gasteiger partial charge in [-0.3, -0.25) is 14.9 Å². The van der Waals surface area contributed by atoms with Crippen molar-refractivity contribution in [3.05, 3.63) is 106 Å². The SMILES string of the molecule is CC(C)C(=O)Nc1cccc(C2CCN(CCCc3c(-c4cccc([N+](=O)[O-])c4)[nH]c4c3ccc3ccccc34)CC2)c1.